The van der Waals surface area contributed by atoms with E-state index in [0.29, 0.717) is 42.1 Å². The lowest BCUT2D eigenvalue weighted by Gasteiger charge is -2.27. The molecule has 2 aromatic carbocycles. The molecule has 1 aromatic heterocycles. The first-order chi connectivity index (χ1) is 20.3. The molecule has 42 heavy (non-hydrogen) atoms. The van der Waals surface area contributed by atoms with Gasteiger partial charge in [-0.05, 0) is 71.9 Å². The van der Waals surface area contributed by atoms with Crippen molar-refractivity contribution in [1.82, 2.24) is 15.2 Å². The second-order valence-corrected chi connectivity index (χ2v) is 11.8. The Hall–Kier alpha value is -3.76. The Morgan fingerprint density at radius 1 is 1.12 bits per heavy atom. The minimum atomic E-state index is -0.771. The normalized spacial score (nSPS) is 13.8. The van der Waals surface area contributed by atoms with Crippen LogP contribution in [0.2, 0.25) is 0 Å². The van der Waals surface area contributed by atoms with Crippen LogP contribution in [-0.2, 0) is 22.6 Å². The zero-order valence-electron chi connectivity index (χ0n) is 23.7. The number of esters is 1. The van der Waals surface area contributed by atoms with Crippen molar-refractivity contribution in [3.8, 4) is 11.1 Å². The number of thiazole rings is 1. The van der Waals surface area contributed by atoms with Crippen molar-refractivity contribution in [3.63, 3.8) is 0 Å². The summed E-state index contributed by atoms with van der Waals surface area (Å²) in [7, 11) is 1.31. The van der Waals surface area contributed by atoms with Gasteiger partial charge in [-0.1, -0.05) is 30.3 Å². The molecule has 1 aliphatic carbocycles. The molecule has 1 amide bonds. The summed E-state index contributed by atoms with van der Waals surface area (Å²) in [6, 6.07) is 12.6. The first-order valence-corrected chi connectivity index (χ1v) is 15.7. The number of ether oxygens (including phenoxy) is 1. The highest BCUT2D eigenvalue weighted by molar-refractivity contribution is 7.98. The summed E-state index contributed by atoms with van der Waals surface area (Å²) in [5.74, 6) is -1.45. The molecule has 0 radical (unpaired) electrons. The maximum absolute atomic E-state index is 14.4. The van der Waals surface area contributed by atoms with Crippen LogP contribution < -0.4 is 5.32 Å². The van der Waals surface area contributed by atoms with Gasteiger partial charge in [0, 0.05) is 41.4 Å². The summed E-state index contributed by atoms with van der Waals surface area (Å²) in [6.45, 7) is 2.81. The Balaban J connectivity index is 1.72. The van der Waals surface area contributed by atoms with Crippen LogP contribution in [0.3, 0.4) is 0 Å². The average Bonchev–Trinajstić information content (AvgIpc) is 3.43. The summed E-state index contributed by atoms with van der Waals surface area (Å²) in [5.41, 5.74) is 6.23. The van der Waals surface area contributed by atoms with Gasteiger partial charge in [-0.2, -0.15) is 11.8 Å². The van der Waals surface area contributed by atoms with Crippen LogP contribution in [0, 0.1) is 6.92 Å². The number of methoxy groups -OCH3 is 1. The lowest BCUT2D eigenvalue weighted by atomic mass is 9.93. The van der Waals surface area contributed by atoms with Crippen molar-refractivity contribution >= 4 is 35.0 Å². The van der Waals surface area contributed by atoms with Crippen molar-refractivity contribution in [2.75, 3.05) is 19.1 Å². The van der Waals surface area contributed by atoms with E-state index in [1.807, 2.05) is 54.5 Å². The van der Waals surface area contributed by atoms with Crippen LogP contribution in [0.1, 0.15) is 39.2 Å². The summed E-state index contributed by atoms with van der Waals surface area (Å²) < 4.78 is 33.4. The van der Waals surface area contributed by atoms with E-state index in [-0.39, 0.29) is 12.3 Å². The minimum Gasteiger partial charge on any atom is -0.467 e. The predicted molar refractivity (Wildman–Crippen MR) is 165 cm³/mol. The molecule has 0 aliphatic heterocycles. The molecular formula is C32H33F2N3O3S2. The number of amides is 1. The first-order valence-electron chi connectivity index (χ1n) is 13.4. The molecular weight excluding hydrogens is 577 g/mol. The van der Waals surface area contributed by atoms with Crippen molar-refractivity contribution in [2.24, 2.45) is 0 Å². The zero-order valence-corrected chi connectivity index (χ0v) is 25.4. The number of aryl methyl sites for hydroxylation is 1. The summed E-state index contributed by atoms with van der Waals surface area (Å²) >= 11 is 3.07. The van der Waals surface area contributed by atoms with Gasteiger partial charge in [-0.25, -0.2) is 13.6 Å². The van der Waals surface area contributed by atoms with Gasteiger partial charge in [0.25, 0.3) is 5.91 Å². The summed E-state index contributed by atoms with van der Waals surface area (Å²) in [6.07, 6.45) is 7.96. The quantitative estimate of drug-likeness (QED) is 0.220. The third kappa shape index (κ3) is 8.17. The molecule has 0 bridgehead atoms. The van der Waals surface area contributed by atoms with Gasteiger partial charge in [0.1, 0.15) is 17.7 Å². The minimum absolute atomic E-state index is 0.227. The molecule has 6 nitrogen and oxygen atoms in total. The topological polar surface area (TPSA) is 71.5 Å². The van der Waals surface area contributed by atoms with Crippen LogP contribution in [0.4, 0.5) is 8.78 Å². The van der Waals surface area contributed by atoms with E-state index >= 15 is 0 Å². The smallest absolute Gasteiger partial charge is 0.328 e. The molecule has 1 unspecified atom stereocenters. The zero-order chi connectivity index (χ0) is 30.1. The molecule has 3 aromatic rings. The van der Waals surface area contributed by atoms with Gasteiger partial charge in [-0.15, -0.1) is 11.3 Å². The third-order valence-corrected chi connectivity index (χ3v) is 8.27. The number of nitrogens with zero attached hydrogens (tertiary/aromatic N) is 2. The van der Waals surface area contributed by atoms with E-state index in [2.05, 4.69) is 10.3 Å². The van der Waals surface area contributed by atoms with Gasteiger partial charge in [0.05, 0.1) is 19.2 Å². The van der Waals surface area contributed by atoms with Crippen molar-refractivity contribution < 1.29 is 23.1 Å². The van der Waals surface area contributed by atoms with E-state index in [0.717, 1.165) is 27.6 Å². The highest BCUT2D eigenvalue weighted by Crippen LogP contribution is 2.31. The standard InChI is InChI=1S/C32H33F2N3O3S2/c1-21-6-4-5-7-27(21)29-14-22(8-11-28(29)31(38)36-30(12-13-41-3)32(39)40-2)18-37(19-26-17-35-20-42-26)25-10-9-23(33)15-24(34)16-25/h4-9,11,14-17,20,30H,10,12-13,18-19H2,1-3H3,(H,36,38). The molecule has 4 rings (SSSR count). The fourth-order valence-electron chi connectivity index (χ4n) is 4.71. The Morgan fingerprint density at radius 2 is 1.93 bits per heavy atom. The van der Waals surface area contributed by atoms with Crippen molar-refractivity contribution in [1.29, 1.82) is 0 Å². The predicted octanol–water partition coefficient (Wildman–Crippen LogP) is 7.14. The van der Waals surface area contributed by atoms with Crippen LogP contribution >= 0.6 is 23.1 Å². The number of carbonyl (C=O) groups is 2. The van der Waals surface area contributed by atoms with Gasteiger partial charge in [0.2, 0.25) is 0 Å². The molecule has 0 saturated carbocycles. The highest BCUT2D eigenvalue weighted by atomic mass is 32.2. The lowest BCUT2D eigenvalue weighted by molar-refractivity contribution is -0.142. The number of nitrogens with one attached hydrogen (secondary N) is 1. The average molecular weight is 610 g/mol. The van der Waals surface area contributed by atoms with Gasteiger partial charge in [-0.3, -0.25) is 9.78 Å². The maximum atomic E-state index is 14.4. The van der Waals surface area contributed by atoms with E-state index in [4.69, 9.17) is 4.74 Å². The van der Waals surface area contributed by atoms with E-state index in [9.17, 15) is 18.4 Å². The van der Waals surface area contributed by atoms with Gasteiger partial charge >= 0.3 is 5.97 Å². The van der Waals surface area contributed by atoms with Crippen LogP contribution in [0.5, 0.6) is 0 Å². The molecule has 1 aliphatic rings. The van der Waals surface area contributed by atoms with E-state index in [1.54, 1.807) is 29.5 Å². The fourth-order valence-corrected chi connectivity index (χ4v) is 5.79. The molecule has 10 heteroatoms. The summed E-state index contributed by atoms with van der Waals surface area (Å²) in [4.78, 5) is 33.1. The molecule has 1 N–H and O–H groups in total. The largest absolute Gasteiger partial charge is 0.467 e. The summed E-state index contributed by atoms with van der Waals surface area (Å²) in [5, 5.41) is 2.86. The Labute approximate surface area is 253 Å². The van der Waals surface area contributed by atoms with E-state index in [1.165, 1.54) is 30.6 Å². The SMILES string of the molecule is COC(=O)C(CCSC)NC(=O)c1ccc(CN(Cc2cncs2)C2=CC(F)=CC(F)=CC2)cc1-c1ccccc1C. The van der Waals surface area contributed by atoms with Crippen LogP contribution in [0.25, 0.3) is 11.1 Å². The molecule has 0 fully saturated rings. The second-order valence-electron chi connectivity index (χ2n) is 9.81. The highest BCUT2D eigenvalue weighted by Gasteiger charge is 2.24. The number of allylic oxidation sites excluding steroid dienone is 5. The number of rotatable bonds is 12. The Bertz CT molecular complexity index is 1500. The van der Waals surface area contributed by atoms with E-state index < -0.39 is 23.7 Å². The van der Waals surface area contributed by atoms with Crippen LogP contribution in [-0.4, -0.2) is 46.9 Å². The Kier molecular flexibility index (Phi) is 11.1. The fraction of sp³-hybridized carbons (Fsp3) is 0.281. The molecule has 220 valence electrons. The van der Waals surface area contributed by atoms with Crippen molar-refractivity contribution in [2.45, 2.75) is 38.9 Å². The van der Waals surface area contributed by atoms with Crippen LogP contribution in [0.15, 0.2) is 89.8 Å². The molecule has 0 saturated heterocycles. The number of benzene rings is 2. The van der Waals surface area contributed by atoms with Crippen molar-refractivity contribution in [3.05, 3.63) is 111 Å². The third-order valence-electron chi connectivity index (χ3n) is 6.86. The lowest BCUT2D eigenvalue weighted by Crippen LogP contribution is -2.42. The molecule has 1 heterocycles. The van der Waals surface area contributed by atoms with Gasteiger partial charge < -0.3 is 15.0 Å². The molecule has 1 atom stereocenters. The maximum Gasteiger partial charge on any atom is 0.328 e. The number of hydrogen-bond donors (Lipinski definition) is 1. The monoisotopic (exact) mass is 609 g/mol. The first kappa shape index (κ1) is 31.2. The number of halogens is 2. The second kappa shape index (κ2) is 14.9. The molecule has 0 spiro atoms. The number of aromatic nitrogens is 1. The number of thioether (sulfide) groups is 1. The van der Waals surface area contributed by atoms with Gasteiger partial charge in [0.15, 0.2) is 0 Å². The Morgan fingerprint density at radius 3 is 2.64 bits per heavy atom. The number of carbonyl (C=O) groups excluding carboxylic acids is 2. The number of hydrogen-bond acceptors (Lipinski definition) is 7.